The molecule has 0 unspecified atom stereocenters. The molecule has 3 aromatic rings. The molecular formula is C20H20ClN3O2S. The summed E-state index contributed by atoms with van der Waals surface area (Å²) < 4.78 is 27.8. The number of benzene rings is 2. The monoisotopic (exact) mass is 401 g/mol. The standard InChI is InChI=1S/C20H20ClN3O2S/c1-13(2)11-24-12-18(14-4-5-15(10-22)19(21)8-14)17-7-6-16(9-20(17)24)23-27(3,25)26/h4-9,12-13,23H,11H2,1-3H3. The van der Waals surface area contributed by atoms with Crippen molar-refractivity contribution >= 4 is 38.2 Å². The zero-order valence-electron chi connectivity index (χ0n) is 15.3. The number of nitrogens with zero attached hydrogens (tertiary/aromatic N) is 2. The lowest BCUT2D eigenvalue weighted by atomic mass is 10.0. The second-order valence-electron chi connectivity index (χ2n) is 7.00. The van der Waals surface area contributed by atoms with Crippen molar-refractivity contribution in [1.82, 2.24) is 4.57 Å². The van der Waals surface area contributed by atoms with Crippen LogP contribution in [0.2, 0.25) is 5.02 Å². The molecule has 0 saturated carbocycles. The predicted octanol–water partition coefficient (Wildman–Crippen LogP) is 4.86. The Hall–Kier alpha value is -2.49. The molecule has 0 atom stereocenters. The minimum absolute atomic E-state index is 0.412. The van der Waals surface area contributed by atoms with Gasteiger partial charge < -0.3 is 4.57 Å². The van der Waals surface area contributed by atoms with Gasteiger partial charge in [0.25, 0.3) is 0 Å². The first-order valence-electron chi connectivity index (χ1n) is 8.48. The third-order valence-corrected chi connectivity index (χ3v) is 5.07. The average molecular weight is 402 g/mol. The summed E-state index contributed by atoms with van der Waals surface area (Å²) in [5.74, 6) is 0.421. The minimum atomic E-state index is -3.35. The number of sulfonamides is 1. The molecule has 2 aromatic carbocycles. The van der Waals surface area contributed by atoms with Crippen LogP contribution in [0.4, 0.5) is 5.69 Å². The number of anilines is 1. The summed E-state index contributed by atoms with van der Waals surface area (Å²) in [6, 6.07) is 12.9. The smallest absolute Gasteiger partial charge is 0.229 e. The van der Waals surface area contributed by atoms with Crippen LogP contribution >= 0.6 is 11.6 Å². The molecule has 0 amide bonds. The summed E-state index contributed by atoms with van der Waals surface area (Å²) >= 11 is 6.21. The molecular weight excluding hydrogens is 382 g/mol. The van der Waals surface area contributed by atoms with Crippen LogP contribution in [0.25, 0.3) is 22.0 Å². The fourth-order valence-corrected chi connectivity index (χ4v) is 3.90. The van der Waals surface area contributed by atoms with E-state index in [1.807, 2.05) is 24.4 Å². The molecule has 0 saturated heterocycles. The van der Waals surface area contributed by atoms with E-state index in [1.54, 1.807) is 18.2 Å². The molecule has 3 rings (SSSR count). The second kappa shape index (κ2) is 7.26. The Kier molecular flexibility index (Phi) is 5.18. The van der Waals surface area contributed by atoms with Crippen molar-refractivity contribution in [1.29, 1.82) is 5.26 Å². The third kappa shape index (κ3) is 4.26. The highest BCUT2D eigenvalue weighted by atomic mass is 35.5. The number of hydrogen-bond donors (Lipinski definition) is 1. The van der Waals surface area contributed by atoms with E-state index < -0.39 is 10.0 Å². The second-order valence-corrected chi connectivity index (χ2v) is 9.16. The normalized spacial score (nSPS) is 11.7. The van der Waals surface area contributed by atoms with Crippen LogP contribution in [0.5, 0.6) is 0 Å². The summed E-state index contributed by atoms with van der Waals surface area (Å²) in [4.78, 5) is 0. The van der Waals surface area contributed by atoms with Crippen molar-refractivity contribution in [2.45, 2.75) is 20.4 Å². The molecule has 140 valence electrons. The summed E-state index contributed by atoms with van der Waals surface area (Å²) in [6.45, 7) is 5.05. The zero-order valence-corrected chi connectivity index (χ0v) is 16.9. The van der Waals surface area contributed by atoms with Gasteiger partial charge in [0.1, 0.15) is 6.07 Å². The number of halogens is 1. The van der Waals surface area contributed by atoms with Gasteiger partial charge in [0, 0.05) is 23.7 Å². The maximum Gasteiger partial charge on any atom is 0.229 e. The zero-order chi connectivity index (χ0) is 19.8. The van der Waals surface area contributed by atoms with Crippen molar-refractivity contribution in [2.75, 3.05) is 11.0 Å². The lowest BCUT2D eigenvalue weighted by molar-refractivity contribution is 0.535. The maximum absolute atomic E-state index is 11.6. The Labute approximate surface area is 164 Å². The van der Waals surface area contributed by atoms with Gasteiger partial charge in [0.05, 0.1) is 28.0 Å². The molecule has 0 radical (unpaired) electrons. The van der Waals surface area contributed by atoms with Gasteiger partial charge in [0.2, 0.25) is 10.0 Å². The van der Waals surface area contributed by atoms with E-state index in [0.29, 0.717) is 22.2 Å². The van der Waals surface area contributed by atoms with Crippen LogP contribution in [0.15, 0.2) is 42.6 Å². The molecule has 0 bridgehead atoms. The lowest BCUT2D eigenvalue weighted by Gasteiger charge is -2.09. The van der Waals surface area contributed by atoms with Crippen LogP contribution in [0.1, 0.15) is 19.4 Å². The van der Waals surface area contributed by atoms with E-state index in [4.69, 9.17) is 16.9 Å². The number of rotatable bonds is 5. The SMILES string of the molecule is CC(C)Cn1cc(-c2ccc(C#N)c(Cl)c2)c2ccc(NS(C)(=O)=O)cc21. The fraction of sp³-hybridized carbons (Fsp3) is 0.250. The fourth-order valence-electron chi connectivity index (χ4n) is 3.12. The van der Waals surface area contributed by atoms with Gasteiger partial charge in [-0.05, 0) is 35.7 Å². The topological polar surface area (TPSA) is 74.9 Å². The number of aromatic nitrogens is 1. The van der Waals surface area contributed by atoms with Gasteiger partial charge in [-0.25, -0.2) is 8.42 Å². The Balaban J connectivity index is 2.19. The Morgan fingerprint density at radius 1 is 1.22 bits per heavy atom. The number of fused-ring (bicyclic) bond motifs is 1. The first-order chi connectivity index (χ1) is 12.7. The van der Waals surface area contributed by atoms with Crippen molar-refractivity contribution in [3.63, 3.8) is 0 Å². The largest absolute Gasteiger partial charge is 0.347 e. The van der Waals surface area contributed by atoms with Crippen molar-refractivity contribution < 1.29 is 8.42 Å². The Bertz CT molecular complexity index is 1160. The quantitative estimate of drug-likeness (QED) is 0.663. The molecule has 1 N–H and O–H groups in total. The predicted molar refractivity (Wildman–Crippen MR) is 110 cm³/mol. The van der Waals surface area contributed by atoms with E-state index in [-0.39, 0.29) is 0 Å². The molecule has 0 spiro atoms. The molecule has 1 aromatic heterocycles. The molecule has 1 heterocycles. The Morgan fingerprint density at radius 3 is 2.56 bits per heavy atom. The highest BCUT2D eigenvalue weighted by Crippen LogP contribution is 2.34. The first kappa shape index (κ1) is 19.3. The number of nitrogens with one attached hydrogen (secondary N) is 1. The molecule has 27 heavy (non-hydrogen) atoms. The summed E-state index contributed by atoms with van der Waals surface area (Å²) in [5.41, 5.74) is 3.80. The number of hydrogen-bond acceptors (Lipinski definition) is 3. The average Bonchev–Trinajstić information content (AvgIpc) is 2.90. The highest BCUT2D eigenvalue weighted by Gasteiger charge is 2.14. The number of nitriles is 1. The first-order valence-corrected chi connectivity index (χ1v) is 10.8. The molecule has 7 heteroatoms. The molecule has 0 aliphatic heterocycles. The van der Waals surface area contributed by atoms with Gasteiger partial charge >= 0.3 is 0 Å². The van der Waals surface area contributed by atoms with Crippen LogP contribution < -0.4 is 4.72 Å². The summed E-state index contributed by atoms with van der Waals surface area (Å²) in [6.07, 6.45) is 3.18. The third-order valence-electron chi connectivity index (χ3n) is 4.15. The van der Waals surface area contributed by atoms with Crippen molar-refractivity contribution in [3.8, 4) is 17.2 Å². The minimum Gasteiger partial charge on any atom is -0.347 e. The van der Waals surface area contributed by atoms with Gasteiger partial charge in [-0.1, -0.05) is 37.6 Å². The Morgan fingerprint density at radius 2 is 1.96 bits per heavy atom. The van der Waals surface area contributed by atoms with Crippen LogP contribution in [-0.4, -0.2) is 19.2 Å². The molecule has 0 aliphatic rings. The van der Waals surface area contributed by atoms with E-state index in [2.05, 4.69) is 29.2 Å². The van der Waals surface area contributed by atoms with E-state index in [0.717, 1.165) is 34.8 Å². The van der Waals surface area contributed by atoms with Crippen LogP contribution in [0, 0.1) is 17.2 Å². The molecule has 0 aliphatic carbocycles. The highest BCUT2D eigenvalue weighted by molar-refractivity contribution is 7.92. The van der Waals surface area contributed by atoms with Crippen molar-refractivity contribution in [3.05, 3.63) is 53.2 Å². The summed E-state index contributed by atoms with van der Waals surface area (Å²) in [7, 11) is -3.35. The van der Waals surface area contributed by atoms with E-state index in [9.17, 15) is 8.42 Å². The van der Waals surface area contributed by atoms with Crippen LogP contribution in [-0.2, 0) is 16.6 Å². The molecule has 0 fully saturated rings. The van der Waals surface area contributed by atoms with Crippen molar-refractivity contribution in [2.24, 2.45) is 5.92 Å². The lowest BCUT2D eigenvalue weighted by Crippen LogP contribution is -2.09. The van der Waals surface area contributed by atoms with Gasteiger partial charge in [0.15, 0.2) is 0 Å². The van der Waals surface area contributed by atoms with Crippen LogP contribution in [0.3, 0.4) is 0 Å². The van der Waals surface area contributed by atoms with Gasteiger partial charge in [-0.2, -0.15) is 5.26 Å². The summed E-state index contributed by atoms with van der Waals surface area (Å²) in [5, 5.41) is 10.5. The van der Waals surface area contributed by atoms with Gasteiger partial charge in [-0.3, -0.25) is 4.72 Å². The van der Waals surface area contributed by atoms with E-state index in [1.165, 1.54) is 0 Å². The maximum atomic E-state index is 11.6. The van der Waals surface area contributed by atoms with Gasteiger partial charge in [-0.15, -0.1) is 0 Å². The van der Waals surface area contributed by atoms with E-state index >= 15 is 0 Å². The molecule has 5 nitrogen and oxygen atoms in total.